The Morgan fingerprint density at radius 1 is 1.42 bits per heavy atom. The van der Waals surface area contributed by atoms with Crippen molar-refractivity contribution in [1.29, 1.82) is 0 Å². The van der Waals surface area contributed by atoms with Crippen LogP contribution in [0, 0.1) is 0 Å². The van der Waals surface area contributed by atoms with Crippen LogP contribution in [0.3, 0.4) is 0 Å². The lowest BCUT2D eigenvalue weighted by atomic mass is 10.0. The van der Waals surface area contributed by atoms with Crippen LogP contribution >= 0.6 is 0 Å². The Kier molecular flexibility index (Phi) is 5.11. The minimum Gasteiger partial charge on any atom is -0.367 e. The van der Waals surface area contributed by atoms with Crippen molar-refractivity contribution in [3.05, 3.63) is 35.4 Å². The summed E-state index contributed by atoms with van der Waals surface area (Å²) in [6, 6.07) is 7.97. The molecule has 3 heteroatoms. The first kappa shape index (κ1) is 14.2. The number of rotatable bonds is 5. The third kappa shape index (κ3) is 3.64. The molecule has 3 nitrogen and oxygen atoms in total. The van der Waals surface area contributed by atoms with Crippen molar-refractivity contribution in [3.8, 4) is 0 Å². The van der Waals surface area contributed by atoms with Crippen LogP contribution in [0.2, 0.25) is 0 Å². The highest BCUT2D eigenvalue weighted by Gasteiger charge is 2.26. The van der Waals surface area contributed by atoms with Gasteiger partial charge in [0.2, 0.25) is 0 Å². The summed E-state index contributed by atoms with van der Waals surface area (Å²) in [6.45, 7) is 7.54. The van der Waals surface area contributed by atoms with E-state index in [0.29, 0.717) is 13.2 Å². The first-order chi connectivity index (χ1) is 9.24. The number of Topliss-reactive ketones (excluding diaryl/α,β-unsaturated/α-hetero) is 1. The van der Waals surface area contributed by atoms with Crippen LogP contribution in [-0.4, -0.2) is 43.0 Å². The predicted octanol–water partition coefficient (Wildman–Crippen LogP) is 2.54. The minimum absolute atomic E-state index is 0.121. The van der Waals surface area contributed by atoms with Gasteiger partial charge in [0.15, 0.2) is 5.78 Å². The molecule has 1 saturated heterocycles. The van der Waals surface area contributed by atoms with E-state index in [4.69, 9.17) is 4.74 Å². The average molecular weight is 261 g/mol. The molecule has 0 bridgehead atoms. The molecule has 0 spiro atoms. The van der Waals surface area contributed by atoms with Crippen molar-refractivity contribution in [1.82, 2.24) is 4.90 Å². The zero-order chi connectivity index (χ0) is 13.7. The van der Waals surface area contributed by atoms with E-state index in [-0.39, 0.29) is 11.9 Å². The van der Waals surface area contributed by atoms with Crippen LogP contribution in [0.1, 0.15) is 36.2 Å². The molecule has 2 rings (SSSR count). The molecule has 1 fully saturated rings. The molecule has 0 amide bonds. The number of aryl methyl sites for hydroxylation is 1. The molecular formula is C16H23NO2. The van der Waals surface area contributed by atoms with Crippen LogP contribution in [-0.2, 0) is 11.2 Å². The van der Waals surface area contributed by atoms with Crippen LogP contribution < -0.4 is 0 Å². The summed E-state index contributed by atoms with van der Waals surface area (Å²) in [5.74, 6) is 0.121. The van der Waals surface area contributed by atoms with Gasteiger partial charge in [-0.05, 0) is 24.6 Å². The van der Waals surface area contributed by atoms with Gasteiger partial charge in [-0.3, -0.25) is 9.69 Å². The number of hydrogen-bond donors (Lipinski definition) is 0. The second-order valence-corrected chi connectivity index (χ2v) is 5.07. The van der Waals surface area contributed by atoms with Gasteiger partial charge in [-0.25, -0.2) is 0 Å². The molecule has 1 atom stereocenters. The van der Waals surface area contributed by atoms with E-state index in [2.05, 4.69) is 24.8 Å². The molecule has 0 N–H and O–H groups in total. The highest BCUT2D eigenvalue weighted by molar-refractivity contribution is 5.99. The summed E-state index contributed by atoms with van der Waals surface area (Å²) in [7, 11) is 0. The molecular weight excluding hydrogens is 238 g/mol. The lowest BCUT2D eigenvalue weighted by Crippen LogP contribution is -2.45. The predicted molar refractivity (Wildman–Crippen MR) is 76.6 cm³/mol. The second kappa shape index (κ2) is 6.83. The normalized spacial score (nSPS) is 20.4. The van der Waals surface area contributed by atoms with Gasteiger partial charge in [-0.1, -0.05) is 38.5 Å². The lowest BCUT2D eigenvalue weighted by molar-refractivity contribution is -0.0148. The van der Waals surface area contributed by atoms with Gasteiger partial charge >= 0.3 is 0 Å². The molecule has 104 valence electrons. The Balaban J connectivity index is 2.08. The number of benzene rings is 1. The van der Waals surface area contributed by atoms with Crippen molar-refractivity contribution >= 4 is 5.78 Å². The Bertz CT molecular complexity index is 431. The Hall–Kier alpha value is -1.19. The number of carbonyl (C=O) groups is 1. The van der Waals surface area contributed by atoms with E-state index >= 15 is 0 Å². The fourth-order valence-electron chi connectivity index (χ4n) is 2.50. The SMILES string of the molecule is CCCc1cccc(C(=O)C2CN(CC)CCO2)c1. The van der Waals surface area contributed by atoms with Crippen LogP contribution in [0.5, 0.6) is 0 Å². The number of morpholine rings is 1. The van der Waals surface area contributed by atoms with Gasteiger partial charge in [0.05, 0.1) is 6.61 Å². The Morgan fingerprint density at radius 3 is 3.00 bits per heavy atom. The maximum Gasteiger partial charge on any atom is 0.192 e. The summed E-state index contributed by atoms with van der Waals surface area (Å²) in [6.07, 6.45) is 1.82. The Morgan fingerprint density at radius 2 is 2.26 bits per heavy atom. The third-order valence-corrected chi connectivity index (χ3v) is 3.64. The van der Waals surface area contributed by atoms with E-state index in [1.165, 1.54) is 5.56 Å². The van der Waals surface area contributed by atoms with Crippen molar-refractivity contribution < 1.29 is 9.53 Å². The molecule has 0 radical (unpaired) electrons. The number of hydrogen-bond acceptors (Lipinski definition) is 3. The first-order valence-electron chi connectivity index (χ1n) is 7.21. The van der Waals surface area contributed by atoms with Gasteiger partial charge in [0.1, 0.15) is 6.10 Å². The van der Waals surface area contributed by atoms with Gasteiger partial charge in [0, 0.05) is 18.7 Å². The van der Waals surface area contributed by atoms with E-state index in [9.17, 15) is 4.79 Å². The van der Waals surface area contributed by atoms with Crippen molar-refractivity contribution in [3.63, 3.8) is 0 Å². The van der Waals surface area contributed by atoms with Crippen LogP contribution in [0.4, 0.5) is 0 Å². The summed E-state index contributed by atoms with van der Waals surface area (Å²) in [5, 5.41) is 0. The lowest BCUT2D eigenvalue weighted by Gasteiger charge is -2.31. The summed E-state index contributed by atoms with van der Waals surface area (Å²) in [5.41, 5.74) is 2.02. The summed E-state index contributed by atoms with van der Waals surface area (Å²) >= 11 is 0. The molecule has 19 heavy (non-hydrogen) atoms. The molecule has 1 heterocycles. The maximum absolute atomic E-state index is 12.5. The summed E-state index contributed by atoms with van der Waals surface area (Å²) < 4.78 is 5.63. The topological polar surface area (TPSA) is 29.5 Å². The van der Waals surface area contributed by atoms with E-state index in [1.54, 1.807) is 0 Å². The largest absolute Gasteiger partial charge is 0.367 e. The highest BCUT2D eigenvalue weighted by Crippen LogP contribution is 2.14. The number of ether oxygens (including phenoxy) is 1. The first-order valence-corrected chi connectivity index (χ1v) is 7.21. The molecule has 0 aliphatic carbocycles. The van der Waals surface area contributed by atoms with Gasteiger partial charge in [0.25, 0.3) is 0 Å². The molecule has 1 aromatic rings. The molecule has 0 aromatic heterocycles. The minimum atomic E-state index is -0.300. The highest BCUT2D eigenvalue weighted by atomic mass is 16.5. The zero-order valence-electron chi connectivity index (χ0n) is 11.9. The van der Waals surface area contributed by atoms with Crippen molar-refractivity contribution in [2.75, 3.05) is 26.2 Å². The molecule has 1 aromatic carbocycles. The molecule has 1 unspecified atom stereocenters. The van der Waals surface area contributed by atoms with Gasteiger partial charge in [-0.2, -0.15) is 0 Å². The summed E-state index contributed by atoms with van der Waals surface area (Å²) in [4.78, 5) is 14.7. The fraction of sp³-hybridized carbons (Fsp3) is 0.562. The molecule has 0 saturated carbocycles. The van der Waals surface area contributed by atoms with Crippen molar-refractivity contribution in [2.45, 2.75) is 32.8 Å². The van der Waals surface area contributed by atoms with Gasteiger partial charge in [-0.15, -0.1) is 0 Å². The Labute approximate surface area is 115 Å². The molecule has 1 aliphatic rings. The third-order valence-electron chi connectivity index (χ3n) is 3.64. The number of nitrogens with zero attached hydrogens (tertiary/aromatic N) is 1. The van der Waals surface area contributed by atoms with Gasteiger partial charge < -0.3 is 4.74 Å². The number of carbonyl (C=O) groups excluding carboxylic acids is 1. The monoisotopic (exact) mass is 261 g/mol. The fourth-order valence-corrected chi connectivity index (χ4v) is 2.50. The van der Waals surface area contributed by atoms with Crippen LogP contribution in [0.15, 0.2) is 24.3 Å². The number of likely N-dealkylation sites (N-methyl/N-ethyl adjacent to an activating group) is 1. The average Bonchev–Trinajstić information content (AvgIpc) is 2.47. The van der Waals surface area contributed by atoms with E-state index < -0.39 is 0 Å². The van der Waals surface area contributed by atoms with E-state index in [1.807, 2.05) is 18.2 Å². The zero-order valence-corrected chi connectivity index (χ0v) is 11.9. The standard InChI is InChI=1S/C16H23NO2/c1-3-6-13-7-5-8-14(11-13)16(18)15-12-17(4-2)9-10-19-15/h5,7-8,11,15H,3-4,6,9-10,12H2,1-2H3. The number of ketones is 1. The quantitative estimate of drug-likeness (QED) is 0.763. The maximum atomic E-state index is 12.5. The second-order valence-electron chi connectivity index (χ2n) is 5.07. The van der Waals surface area contributed by atoms with Crippen LogP contribution in [0.25, 0.3) is 0 Å². The smallest absolute Gasteiger partial charge is 0.192 e. The molecule has 1 aliphatic heterocycles. The van der Waals surface area contributed by atoms with Crippen molar-refractivity contribution in [2.24, 2.45) is 0 Å². The van der Waals surface area contributed by atoms with E-state index in [0.717, 1.165) is 31.5 Å².